The van der Waals surface area contributed by atoms with Crippen molar-refractivity contribution < 1.29 is 4.74 Å². The van der Waals surface area contributed by atoms with E-state index in [1.54, 1.807) is 0 Å². The monoisotopic (exact) mass is 315 g/mol. The van der Waals surface area contributed by atoms with Gasteiger partial charge in [0.1, 0.15) is 11.9 Å². The molecule has 1 aliphatic rings. The zero-order valence-electron chi connectivity index (χ0n) is 13.8. The van der Waals surface area contributed by atoms with Gasteiger partial charge in [-0.3, -0.25) is 0 Å². The van der Waals surface area contributed by atoms with Gasteiger partial charge in [-0.1, -0.05) is 54.6 Å². The van der Waals surface area contributed by atoms with Crippen molar-refractivity contribution in [1.29, 1.82) is 0 Å². The van der Waals surface area contributed by atoms with Crippen molar-refractivity contribution in [3.05, 3.63) is 77.9 Å². The zero-order chi connectivity index (χ0) is 16.5. The molecule has 1 atom stereocenters. The second-order valence-corrected chi connectivity index (χ2v) is 6.37. The molecule has 1 unspecified atom stereocenters. The maximum absolute atomic E-state index is 6.16. The number of fused-ring (bicyclic) bond motifs is 1. The fraction of sp³-hybridized carbons (Fsp3) is 0.182. The standard InChI is InChI=1S/C22H21NO/c1-15-7-5-6-10-20(15)21-13-17(16-8-3-2-4-9-16)11-18-12-19(14-23)24-22(18)21/h2-11,13,19H,12,14,23H2,1H3. The van der Waals surface area contributed by atoms with E-state index < -0.39 is 0 Å². The van der Waals surface area contributed by atoms with E-state index in [0.29, 0.717) is 6.54 Å². The van der Waals surface area contributed by atoms with Crippen LogP contribution in [0, 0.1) is 6.92 Å². The average Bonchev–Trinajstić information content (AvgIpc) is 3.05. The highest BCUT2D eigenvalue weighted by Crippen LogP contribution is 2.42. The van der Waals surface area contributed by atoms with Crippen molar-refractivity contribution >= 4 is 0 Å². The predicted molar refractivity (Wildman–Crippen MR) is 99.2 cm³/mol. The number of hydrogen-bond donors (Lipinski definition) is 1. The van der Waals surface area contributed by atoms with E-state index in [0.717, 1.165) is 12.2 Å². The summed E-state index contributed by atoms with van der Waals surface area (Å²) in [6, 6.07) is 23.5. The molecule has 120 valence electrons. The molecule has 3 aromatic carbocycles. The second kappa shape index (κ2) is 6.14. The topological polar surface area (TPSA) is 35.2 Å². The Bertz CT molecular complexity index is 870. The molecule has 2 nitrogen and oxygen atoms in total. The van der Waals surface area contributed by atoms with E-state index in [1.165, 1.54) is 33.4 Å². The first kappa shape index (κ1) is 15.0. The third kappa shape index (κ3) is 2.59. The van der Waals surface area contributed by atoms with Crippen LogP contribution >= 0.6 is 0 Å². The highest BCUT2D eigenvalue weighted by molar-refractivity contribution is 5.81. The van der Waals surface area contributed by atoms with Crippen LogP contribution in [0.25, 0.3) is 22.3 Å². The Morgan fingerprint density at radius 3 is 2.42 bits per heavy atom. The molecule has 0 bridgehead atoms. The van der Waals surface area contributed by atoms with Crippen LogP contribution in [0.2, 0.25) is 0 Å². The third-order valence-corrected chi connectivity index (χ3v) is 4.70. The highest BCUT2D eigenvalue weighted by Gasteiger charge is 2.26. The maximum Gasteiger partial charge on any atom is 0.131 e. The van der Waals surface area contributed by atoms with Crippen LogP contribution in [0.4, 0.5) is 0 Å². The molecule has 0 spiro atoms. The van der Waals surface area contributed by atoms with Crippen LogP contribution < -0.4 is 10.5 Å². The predicted octanol–water partition coefficient (Wildman–Crippen LogP) is 4.59. The molecule has 24 heavy (non-hydrogen) atoms. The summed E-state index contributed by atoms with van der Waals surface area (Å²) in [7, 11) is 0. The Kier molecular flexibility index (Phi) is 3.83. The number of ether oxygens (including phenoxy) is 1. The Balaban J connectivity index is 1.92. The molecule has 4 rings (SSSR count). The van der Waals surface area contributed by atoms with Gasteiger partial charge in [0, 0.05) is 18.5 Å². The molecule has 0 radical (unpaired) electrons. The lowest BCUT2D eigenvalue weighted by Crippen LogP contribution is -2.24. The second-order valence-electron chi connectivity index (χ2n) is 6.37. The maximum atomic E-state index is 6.16. The molecular weight excluding hydrogens is 294 g/mol. The molecule has 0 fully saturated rings. The smallest absolute Gasteiger partial charge is 0.131 e. The van der Waals surface area contributed by atoms with E-state index >= 15 is 0 Å². The number of benzene rings is 3. The number of aryl methyl sites for hydroxylation is 1. The van der Waals surface area contributed by atoms with E-state index in [2.05, 4.69) is 67.6 Å². The van der Waals surface area contributed by atoms with Gasteiger partial charge in [-0.05, 0) is 46.9 Å². The minimum absolute atomic E-state index is 0.0776. The van der Waals surface area contributed by atoms with E-state index in [9.17, 15) is 0 Å². The van der Waals surface area contributed by atoms with Crippen molar-refractivity contribution in [3.8, 4) is 28.0 Å². The highest BCUT2D eigenvalue weighted by atomic mass is 16.5. The first-order valence-electron chi connectivity index (χ1n) is 8.41. The molecule has 2 N–H and O–H groups in total. The minimum Gasteiger partial charge on any atom is -0.488 e. The summed E-state index contributed by atoms with van der Waals surface area (Å²) in [5, 5.41) is 0. The zero-order valence-corrected chi connectivity index (χ0v) is 13.8. The Hall–Kier alpha value is -2.58. The third-order valence-electron chi connectivity index (χ3n) is 4.70. The van der Waals surface area contributed by atoms with Gasteiger partial charge >= 0.3 is 0 Å². The molecule has 3 aromatic rings. The van der Waals surface area contributed by atoms with Gasteiger partial charge in [-0.25, -0.2) is 0 Å². The van der Waals surface area contributed by atoms with Gasteiger partial charge in [0.05, 0.1) is 0 Å². The number of hydrogen-bond acceptors (Lipinski definition) is 2. The molecule has 0 amide bonds. The number of nitrogens with two attached hydrogens (primary N) is 1. The summed E-state index contributed by atoms with van der Waals surface area (Å²) in [5.74, 6) is 0.999. The lowest BCUT2D eigenvalue weighted by molar-refractivity contribution is 0.242. The quantitative estimate of drug-likeness (QED) is 0.767. The van der Waals surface area contributed by atoms with Crippen molar-refractivity contribution in [2.75, 3.05) is 6.54 Å². The summed E-state index contributed by atoms with van der Waals surface area (Å²) in [4.78, 5) is 0. The number of rotatable bonds is 3. The fourth-order valence-electron chi connectivity index (χ4n) is 3.44. The normalized spacial score (nSPS) is 15.8. The minimum atomic E-state index is 0.0776. The van der Waals surface area contributed by atoms with Crippen LogP contribution in [0.15, 0.2) is 66.7 Å². The molecule has 1 heterocycles. The molecule has 0 aromatic heterocycles. The molecule has 0 saturated carbocycles. The summed E-state index contributed by atoms with van der Waals surface area (Å²) in [6.45, 7) is 2.69. The molecule has 1 aliphatic heterocycles. The van der Waals surface area contributed by atoms with Crippen molar-refractivity contribution in [2.24, 2.45) is 5.73 Å². The van der Waals surface area contributed by atoms with Crippen LogP contribution in [0.1, 0.15) is 11.1 Å². The van der Waals surface area contributed by atoms with Gasteiger partial charge in [-0.15, -0.1) is 0 Å². The van der Waals surface area contributed by atoms with E-state index in [1.807, 2.05) is 6.07 Å². The van der Waals surface area contributed by atoms with Gasteiger partial charge in [0.2, 0.25) is 0 Å². The SMILES string of the molecule is Cc1ccccc1-c1cc(-c2ccccc2)cc2c1OC(CN)C2. The van der Waals surface area contributed by atoms with Gasteiger partial charge < -0.3 is 10.5 Å². The Morgan fingerprint density at radius 2 is 1.67 bits per heavy atom. The Morgan fingerprint density at radius 1 is 0.917 bits per heavy atom. The summed E-state index contributed by atoms with van der Waals surface area (Å²) < 4.78 is 6.16. The van der Waals surface area contributed by atoms with Crippen molar-refractivity contribution in [3.63, 3.8) is 0 Å². The first-order chi connectivity index (χ1) is 11.8. The van der Waals surface area contributed by atoms with Crippen molar-refractivity contribution in [2.45, 2.75) is 19.4 Å². The molecular formula is C22H21NO. The molecule has 2 heteroatoms. The lowest BCUT2D eigenvalue weighted by Gasteiger charge is -2.14. The van der Waals surface area contributed by atoms with Gasteiger partial charge in [0.25, 0.3) is 0 Å². The fourth-order valence-corrected chi connectivity index (χ4v) is 3.44. The van der Waals surface area contributed by atoms with Crippen LogP contribution in [-0.2, 0) is 6.42 Å². The largest absolute Gasteiger partial charge is 0.488 e. The molecule has 0 saturated heterocycles. The van der Waals surface area contributed by atoms with Crippen LogP contribution in [0.5, 0.6) is 5.75 Å². The average molecular weight is 315 g/mol. The van der Waals surface area contributed by atoms with Crippen LogP contribution in [-0.4, -0.2) is 12.6 Å². The van der Waals surface area contributed by atoms with Crippen LogP contribution in [0.3, 0.4) is 0 Å². The van der Waals surface area contributed by atoms with E-state index in [-0.39, 0.29) is 6.10 Å². The summed E-state index contributed by atoms with van der Waals surface area (Å²) in [6.07, 6.45) is 0.958. The molecule has 0 aliphatic carbocycles. The summed E-state index contributed by atoms with van der Waals surface area (Å²) >= 11 is 0. The Labute approximate surface area is 142 Å². The lowest BCUT2D eigenvalue weighted by atomic mass is 9.92. The van der Waals surface area contributed by atoms with Gasteiger partial charge in [-0.2, -0.15) is 0 Å². The summed E-state index contributed by atoms with van der Waals surface area (Å²) in [5.41, 5.74) is 13.2. The van der Waals surface area contributed by atoms with E-state index in [4.69, 9.17) is 10.5 Å². The first-order valence-corrected chi connectivity index (χ1v) is 8.41. The van der Waals surface area contributed by atoms with Gasteiger partial charge in [0.15, 0.2) is 0 Å². The van der Waals surface area contributed by atoms with Crippen molar-refractivity contribution in [1.82, 2.24) is 0 Å².